The topological polar surface area (TPSA) is 99.1 Å². The van der Waals surface area contributed by atoms with Gasteiger partial charge in [-0.3, -0.25) is 4.79 Å². The lowest BCUT2D eigenvalue weighted by molar-refractivity contribution is -0.137. The molecule has 0 aliphatic carbocycles. The number of carbonyl (C=O) groups is 1. The lowest BCUT2D eigenvalue weighted by Crippen LogP contribution is -2.36. The van der Waals surface area contributed by atoms with E-state index in [-0.39, 0.29) is 5.69 Å². The smallest absolute Gasteiger partial charge is 0.324 e. The highest BCUT2D eigenvalue weighted by Crippen LogP contribution is 2.33. The fourth-order valence-corrected chi connectivity index (χ4v) is 2.97. The molecule has 1 unspecified atom stereocenters. The molecule has 0 aliphatic heterocycles. The zero-order valence-corrected chi connectivity index (χ0v) is 17.1. The molecule has 11 heteroatoms. The molecule has 2 aromatic rings. The van der Waals surface area contributed by atoms with E-state index in [4.69, 9.17) is 5.26 Å². The first kappa shape index (κ1) is 24.5. The van der Waals surface area contributed by atoms with Gasteiger partial charge in [0.2, 0.25) is 15.9 Å². The van der Waals surface area contributed by atoms with Gasteiger partial charge in [0.1, 0.15) is 6.04 Å². The average molecular weight is 445 g/mol. The molecule has 0 saturated heterocycles. The monoisotopic (exact) mass is 445 g/mol. The van der Waals surface area contributed by atoms with Gasteiger partial charge in [0.05, 0.1) is 23.5 Å². The number of benzene rings is 2. The van der Waals surface area contributed by atoms with Crippen LogP contribution in [0.1, 0.15) is 22.7 Å². The number of thiol groups is 1. The molecule has 2 rings (SSSR count). The molecule has 0 fully saturated rings. The molecule has 0 heterocycles. The van der Waals surface area contributed by atoms with Gasteiger partial charge in [-0.2, -0.15) is 35.8 Å². The summed E-state index contributed by atoms with van der Waals surface area (Å²) in [5.41, 5.74) is -1.70. The van der Waals surface area contributed by atoms with Gasteiger partial charge in [-0.05, 0) is 30.0 Å². The largest absolute Gasteiger partial charge is 0.417 e. The van der Waals surface area contributed by atoms with Crippen molar-refractivity contribution in [3.8, 4) is 6.07 Å². The maximum Gasteiger partial charge on any atom is 0.417 e. The van der Waals surface area contributed by atoms with Crippen LogP contribution in [0.2, 0.25) is 0 Å². The SMILES string of the molecule is CS.CS(=O)(=O)NC(C(=O)Nc1ccc(C#N)c(C(F)(F)F)c1)c1ccccc1. The van der Waals surface area contributed by atoms with Gasteiger partial charge < -0.3 is 5.32 Å². The summed E-state index contributed by atoms with van der Waals surface area (Å²) in [7, 11) is -3.78. The zero-order valence-electron chi connectivity index (χ0n) is 15.4. The molecular weight excluding hydrogens is 427 g/mol. The van der Waals surface area contributed by atoms with E-state index in [1.165, 1.54) is 18.2 Å². The Balaban J connectivity index is 0.00000204. The van der Waals surface area contributed by atoms with Crippen LogP contribution in [-0.2, 0) is 21.0 Å². The maximum atomic E-state index is 13.0. The van der Waals surface area contributed by atoms with E-state index < -0.39 is 39.3 Å². The number of nitrogens with zero attached hydrogens (tertiary/aromatic N) is 1. The number of amides is 1. The molecule has 0 saturated carbocycles. The standard InChI is InChI=1S/C17H14F3N3O3S.CH4S/c1-27(25,26)23-15(11-5-3-2-4-6-11)16(24)22-13-8-7-12(10-21)14(9-13)17(18,19)20;1-2/h2-9,15,23H,1H3,(H,22,24);2H,1H3. The van der Waals surface area contributed by atoms with Gasteiger partial charge >= 0.3 is 6.18 Å². The van der Waals surface area contributed by atoms with Crippen molar-refractivity contribution in [1.82, 2.24) is 4.72 Å². The summed E-state index contributed by atoms with van der Waals surface area (Å²) in [6.07, 6.45) is -2.23. The first-order valence-corrected chi connectivity index (χ1v) is 10.7. The fourth-order valence-electron chi connectivity index (χ4n) is 2.30. The van der Waals surface area contributed by atoms with E-state index >= 15 is 0 Å². The number of alkyl halides is 3. The van der Waals surface area contributed by atoms with Crippen molar-refractivity contribution in [1.29, 1.82) is 5.26 Å². The van der Waals surface area contributed by atoms with Crippen LogP contribution in [0.3, 0.4) is 0 Å². The molecule has 0 bridgehead atoms. The van der Waals surface area contributed by atoms with E-state index in [0.29, 0.717) is 11.6 Å². The average Bonchev–Trinajstić information content (AvgIpc) is 2.67. The van der Waals surface area contributed by atoms with Crippen LogP contribution < -0.4 is 10.0 Å². The van der Waals surface area contributed by atoms with Crippen LogP contribution in [0.5, 0.6) is 0 Å². The van der Waals surface area contributed by atoms with Crippen molar-refractivity contribution in [2.24, 2.45) is 0 Å². The summed E-state index contributed by atoms with van der Waals surface area (Å²) in [4.78, 5) is 12.5. The number of sulfonamides is 1. The number of hydrogen-bond acceptors (Lipinski definition) is 5. The number of halogens is 3. The second kappa shape index (κ2) is 10.3. The number of hydrogen-bond donors (Lipinski definition) is 3. The van der Waals surface area contributed by atoms with Gasteiger partial charge in [0, 0.05) is 5.69 Å². The minimum absolute atomic E-state index is 0.220. The molecule has 0 aromatic heterocycles. The van der Waals surface area contributed by atoms with E-state index in [0.717, 1.165) is 18.4 Å². The maximum absolute atomic E-state index is 13.0. The van der Waals surface area contributed by atoms with Crippen LogP contribution in [0.15, 0.2) is 48.5 Å². The number of nitriles is 1. The summed E-state index contributed by atoms with van der Waals surface area (Å²) >= 11 is 3.53. The van der Waals surface area contributed by atoms with E-state index in [1.54, 1.807) is 24.5 Å². The number of rotatable bonds is 5. The minimum atomic E-state index is -4.78. The number of carbonyl (C=O) groups excluding carboxylic acids is 1. The third-order valence-electron chi connectivity index (χ3n) is 3.44. The van der Waals surface area contributed by atoms with Crippen molar-refractivity contribution < 1.29 is 26.4 Å². The quantitative estimate of drug-likeness (QED) is 0.615. The molecule has 1 amide bonds. The van der Waals surface area contributed by atoms with E-state index in [1.807, 2.05) is 0 Å². The van der Waals surface area contributed by atoms with Crippen molar-refractivity contribution in [3.05, 3.63) is 65.2 Å². The van der Waals surface area contributed by atoms with Crippen molar-refractivity contribution in [2.45, 2.75) is 12.2 Å². The minimum Gasteiger partial charge on any atom is -0.324 e. The van der Waals surface area contributed by atoms with Crippen molar-refractivity contribution in [3.63, 3.8) is 0 Å². The lowest BCUT2D eigenvalue weighted by atomic mass is 10.1. The van der Waals surface area contributed by atoms with Crippen LogP contribution in [-0.4, -0.2) is 26.8 Å². The molecule has 156 valence electrons. The Kier molecular flexibility index (Phi) is 8.69. The van der Waals surface area contributed by atoms with Crippen molar-refractivity contribution >= 4 is 34.2 Å². The van der Waals surface area contributed by atoms with E-state index in [9.17, 15) is 26.4 Å². The summed E-state index contributed by atoms with van der Waals surface area (Å²) < 4.78 is 64.4. The van der Waals surface area contributed by atoms with Crippen LogP contribution in [0.25, 0.3) is 0 Å². The number of anilines is 1. The molecule has 29 heavy (non-hydrogen) atoms. The Labute approximate surface area is 172 Å². The van der Waals surface area contributed by atoms with Crippen LogP contribution in [0.4, 0.5) is 18.9 Å². The van der Waals surface area contributed by atoms with Crippen LogP contribution >= 0.6 is 12.6 Å². The van der Waals surface area contributed by atoms with Gasteiger partial charge in [0.15, 0.2) is 0 Å². The Morgan fingerprint density at radius 2 is 1.72 bits per heavy atom. The molecule has 0 spiro atoms. The highest BCUT2D eigenvalue weighted by atomic mass is 32.2. The normalized spacial score (nSPS) is 12.2. The fraction of sp³-hybridized carbons (Fsp3) is 0.222. The first-order valence-electron chi connectivity index (χ1n) is 7.90. The molecule has 0 radical (unpaired) electrons. The van der Waals surface area contributed by atoms with E-state index in [2.05, 4.69) is 22.7 Å². The summed E-state index contributed by atoms with van der Waals surface area (Å²) in [5.74, 6) is -0.871. The highest BCUT2D eigenvalue weighted by Gasteiger charge is 2.34. The highest BCUT2D eigenvalue weighted by molar-refractivity contribution is 7.88. The molecule has 2 N–H and O–H groups in total. The van der Waals surface area contributed by atoms with Gasteiger partial charge in [-0.15, -0.1) is 0 Å². The molecule has 6 nitrogen and oxygen atoms in total. The number of nitrogens with one attached hydrogen (secondary N) is 2. The predicted octanol–water partition coefficient (Wildman–Crippen LogP) is 3.35. The Morgan fingerprint density at radius 1 is 1.14 bits per heavy atom. The summed E-state index contributed by atoms with van der Waals surface area (Å²) in [6, 6.07) is 10.6. The van der Waals surface area contributed by atoms with Crippen molar-refractivity contribution in [2.75, 3.05) is 17.8 Å². The Bertz CT molecular complexity index is 989. The van der Waals surface area contributed by atoms with Gasteiger partial charge in [-0.1, -0.05) is 30.3 Å². The summed E-state index contributed by atoms with van der Waals surface area (Å²) in [6.45, 7) is 0. The molecule has 1 atom stereocenters. The predicted molar refractivity (Wildman–Crippen MR) is 107 cm³/mol. The molecular formula is C18H18F3N3O3S2. The third-order valence-corrected chi connectivity index (χ3v) is 4.10. The third kappa shape index (κ3) is 7.41. The first-order chi connectivity index (χ1) is 13.5. The van der Waals surface area contributed by atoms with Gasteiger partial charge in [-0.25, -0.2) is 8.42 Å². The summed E-state index contributed by atoms with van der Waals surface area (Å²) in [5, 5.41) is 11.1. The molecule has 0 aliphatic rings. The second-order valence-corrected chi connectivity index (χ2v) is 7.37. The Hall–Kier alpha value is -2.55. The molecule has 2 aromatic carbocycles. The van der Waals surface area contributed by atoms with Crippen LogP contribution in [0, 0.1) is 11.3 Å². The lowest BCUT2D eigenvalue weighted by Gasteiger charge is -2.18. The second-order valence-electron chi connectivity index (χ2n) is 5.59. The Morgan fingerprint density at radius 3 is 2.21 bits per heavy atom. The van der Waals surface area contributed by atoms with Gasteiger partial charge in [0.25, 0.3) is 0 Å². The zero-order chi connectivity index (χ0) is 22.2.